The summed E-state index contributed by atoms with van der Waals surface area (Å²) in [4.78, 5) is 18.0. The van der Waals surface area contributed by atoms with Gasteiger partial charge in [-0.25, -0.2) is 4.98 Å². The number of anilines is 3. The third-order valence-corrected chi connectivity index (χ3v) is 4.56. The van der Waals surface area contributed by atoms with Crippen LogP contribution in [0.5, 0.6) is 0 Å². The highest BCUT2D eigenvalue weighted by atomic mass is 32.2. The Morgan fingerprint density at radius 1 is 1.43 bits per heavy atom. The summed E-state index contributed by atoms with van der Waals surface area (Å²) in [6, 6.07) is 7.66. The summed E-state index contributed by atoms with van der Waals surface area (Å²) < 4.78 is 0. The van der Waals surface area contributed by atoms with Crippen LogP contribution < -0.4 is 16.4 Å². The minimum Gasteiger partial charge on any atom is -0.382 e. The Morgan fingerprint density at radius 3 is 2.90 bits per heavy atom. The summed E-state index contributed by atoms with van der Waals surface area (Å²) in [5.74, 6) is 0.0359. The van der Waals surface area contributed by atoms with E-state index in [1.807, 2.05) is 30.5 Å². The van der Waals surface area contributed by atoms with Crippen LogP contribution in [0.4, 0.5) is 16.6 Å². The summed E-state index contributed by atoms with van der Waals surface area (Å²) >= 11 is 2.86. The van der Waals surface area contributed by atoms with Crippen LogP contribution in [-0.4, -0.2) is 23.7 Å². The number of amides is 1. The number of thioether (sulfide) groups is 1. The number of thiazole rings is 1. The Morgan fingerprint density at radius 2 is 2.19 bits per heavy atom. The van der Waals surface area contributed by atoms with Gasteiger partial charge in [-0.15, -0.1) is 11.8 Å². The van der Waals surface area contributed by atoms with Gasteiger partial charge in [0.2, 0.25) is 0 Å². The first-order valence-corrected chi connectivity index (χ1v) is 8.64. The molecule has 4 N–H and O–H groups in total. The van der Waals surface area contributed by atoms with E-state index in [2.05, 4.69) is 22.5 Å². The number of para-hydroxylation sites is 1. The zero-order valence-electron chi connectivity index (χ0n) is 12.0. The maximum absolute atomic E-state index is 12.3. The monoisotopic (exact) mass is 322 g/mol. The molecule has 0 atom stereocenters. The van der Waals surface area contributed by atoms with Gasteiger partial charge in [0, 0.05) is 11.4 Å². The number of nitrogen functional groups attached to an aromatic ring is 1. The van der Waals surface area contributed by atoms with Gasteiger partial charge in [0.1, 0.15) is 10.7 Å². The Balaban J connectivity index is 2.15. The van der Waals surface area contributed by atoms with Gasteiger partial charge >= 0.3 is 0 Å². The van der Waals surface area contributed by atoms with Crippen molar-refractivity contribution in [1.82, 2.24) is 4.98 Å². The van der Waals surface area contributed by atoms with Crippen LogP contribution in [-0.2, 0) is 0 Å². The van der Waals surface area contributed by atoms with Gasteiger partial charge in [0.05, 0.1) is 5.69 Å². The summed E-state index contributed by atoms with van der Waals surface area (Å²) in [5.41, 5.74) is 6.61. The molecule has 0 spiro atoms. The highest BCUT2D eigenvalue weighted by Gasteiger charge is 2.17. The predicted molar refractivity (Wildman–Crippen MR) is 91.5 cm³/mol. The van der Waals surface area contributed by atoms with Crippen LogP contribution in [0, 0.1) is 0 Å². The van der Waals surface area contributed by atoms with E-state index in [-0.39, 0.29) is 11.7 Å². The fourth-order valence-electron chi connectivity index (χ4n) is 1.73. The molecule has 0 bridgehead atoms. The maximum atomic E-state index is 12.3. The molecule has 0 aliphatic rings. The molecule has 2 rings (SSSR count). The number of benzene rings is 1. The highest BCUT2D eigenvalue weighted by Crippen LogP contribution is 2.28. The summed E-state index contributed by atoms with van der Waals surface area (Å²) in [6.45, 7) is 2.88. The third kappa shape index (κ3) is 3.89. The average Bonchev–Trinajstić information content (AvgIpc) is 2.86. The van der Waals surface area contributed by atoms with Gasteiger partial charge in [-0.2, -0.15) is 0 Å². The molecule has 0 radical (unpaired) electrons. The molecule has 0 fully saturated rings. The largest absolute Gasteiger partial charge is 0.382 e. The van der Waals surface area contributed by atoms with E-state index in [1.165, 1.54) is 11.3 Å². The van der Waals surface area contributed by atoms with Crippen LogP contribution in [0.3, 0.4) is 0 Å². The number of carbonyl (C=O) groups is 1. The lowest BCUT2D eigenvalue weighted by Gasteiger charge is -2.08. The Labute approximate surface area is 132 Å². The average molecular weight is 322 g/mol. The zero-order valence-corrected chi connectivity index (χ0v) is 13.6. The molecule has 2 aromatic rings. The molecule has 0 aliphatic carbocycles. The van der Waals surface area contributed by atoms with E-state index in [0.29, 0.717) is 10.0 Å². The molecule has 0 aliphatic heterocycles. The number of carbonyl (C=O) groups excluding carboxylic acids is 1. The molecular weight excluding hydrogens is 304 g/mol. The quantitative estimate of drug-likeness (QED) is 0.709. The molecule has 1 heterocycles. The van der Waals surface area contributed by atoms with Gasteiger partial charge in [-0.05, 0) is 24.8 Å². The Hall–Kier alpha value is -1.73. The van der Waals surface area contributed by atoms with Gasteiger partial charge in [-0.1, -0.05) is 30.4 Å². The second-order valence-electron chi connectivity index (χ2n) is 4.31. The molecule has 7 heteroatoms. The van der Waals surface area contributed by atoms with Crippen molar-refractivity contribution >= 4 is 45.6 Å². The van der Waals surface area contributed by atoms with Crippen LogP contribution in [0.1, 0.15) is 23.0 Å². The SMILES string of the molecule is CCCNc1nc(N)c(C(=O)Nc2ccccc2SC)s1. The van der Waals surface area contributed by atoms with Gasteiger partial charge < -0.3 is 16.4 Å². The second kappa shape index (κ2) is 7.33. The van der Waals surface area contributed by atoms with E-state index in [1.54, 1.807) is 11.8 Å². The molecular formula is C14H18N4OS2. The molecule has 1 aromatic carbocycles. The Kier molecular flexibility index (Phi) is 5.46. The number of hydrogen-bond donors (Lipinski definition) is 3. The van der Waals surface area contributed by atoms with E-state index < -0.39 is 0 Å². The maximum Gasteiger partial charge on any atom is 0.269 e. The molecule has 0 saturated heterocycles. The topological polar surface area (TPSA) is 80.0 Å². The van der Waals surface area contributed by atoms with E-state index in [0.717, 1.165) is 23.5 Å². The van der Waals surface area contributed by atoms with E-state index in [9.17, 15) is 4.79 Å². The van der Waals surface area contributed by atoms with Crippen molar-refractivity contribution in [3.63, 3.8) is 0 Å². The summed E-state index contributed by atoms with van der Waals surface area (Å²) in [5, 5.41) is 6.71. The van der Waals surface area contributed by atoms with Crippen LogP contribution >= 0.6 is 23.1 Å². The van der Waals surface area contributed by atoms with Crippen molar-refractivity contribution in [2.24, 2.45) is 0 Å². The van der Waals surface area contributed by atoms with Crippen molar-refractivity contribution in [3.05, 3.63) is 29.1 Å². The first-order chi connectivity index (χ1) is 10.2. The van der Waals surface area contributed by atoms with Crippen molar-refractivity contribution in [2.75, 3.05) is 29.2 Å². The lowest BCUT2D eigenvalue weighted by atomic mass is 10.3. The number of nitrogens with zero attached hydrogens (tertiary/aromatic N) is 1. The van der Waals surface area contributed by atoms with Gasteiger partial charge in [-0.3, -0.25) is 4.79 Å². The van der Waals surface area contributed by atoms with Gasteiger partial charge in [0.25, 0.3) is 5.91 Å². The molecule has 0 saturated carbocycles. The molecule has 0 unspecified atom stereocenters. The van der Waals surface area contributed by atoms with Crippen LogP contribution in [0.25, 0.3) is 0 Å². The number of nitrogens with one attached hydrogen (secondary N) is 2. The fourth-order valence-corrected chi connectivity index (χ4v) is 3.09. The van der Waals surface area contributed by atoms with Crippen molar-refractivity contribution in [1.29, 1.82) is 0 Å². The standard InChI is InChI=1S/C14H18N4OS2/c1-3-8-16-14-18-12(15)11(21-14)13(19)17-9-6-4-5-7-10(9)20-2/h4-7H,3,8,15H2,1-2H3,(H,16,18)(H,17,19). The summed E-state index contributed by atoms with van der Waals surface area (Å²) in [6.07, 6.45) is 2.96. The van der Waals surface area contributed by atoms with E-state index in [4.69, 9.17) is 5.73 Å². The normalized spacial score (nSPS) is 10.4. The molecule has 1 aromatic heterocycles. The van der Waals surface area contributed by atoms with Crippen molar-refractivity contribution < 1.29 is 4.79 Å². The molecule has 21 heavy (non-hydrogen) atoms. The first kappa shape index (κ1) is 15.7. The molecule has 112 valence electrons. The lowest BCUT2D eigenvalue weighted by Crippen LogP contribution is -2.12. The van der Waals surface area contributed by atoms with Crippen molar-refractivity contribution in [3.8, 4) is 0 Å². The lowest BCUT2D eigenvalue weighted by molar-refractivity contribution is 0.103. The zero-order chi connectivity index (χ0) is 15.2. The summed E-state index contributed by atoms with van der Waals surface area (Å²) in [7, 11) is 0. The number of aromatic nitrogens is 1. The predicted octanol–water partition coefficient (Wildman–Crippen LogP) is 3.52. The minimum absolute atomic E-state index is 0.226. The minimum atomic E-state index is -0.226. The number of nitrogens with two attached hydrogens (primary N) is 1. The first-order valence-electron chi connectivity index (χ1n) is 6.60. The molecule has 5 nitrogen and oxygen atoms in total. The number of hydrogen-bond acceptors (Lipinski definition) is 6. The Bertz CT molecular complexity index is 627. The van der Waals surface area contributed by atoms with Crippen molar-refractivity contribution in [2.45, 2.75) is 18.2 Å². The second-order valence-corrected chi connectivity index (χ2v) is 6.16. The highest BCUT2D eigenvalue weighted by molar-refractivity contribution is 7.98. The fraction of sp³-hybridized carbons (Fsp3) is 0.286. The number of rotatable bonds is 6. The van der Waals surface area contributed by atoms with Crippen LogP contribution in [0.15, 0.2) is 29.2 Å². The third-order valence-electron chi connectivity index (χ3n) is 2.74. The molecule has 1 amide bonds. The van der Waals surface area contributed by atoms with E-state index >= 15 is 0 Å². The van der Waals surface area contributed by atoms with Gasteiger partial charge in [0.15, 0.2) is 5.13 Å². The smallest absolute Gasteiger partial charge is 0.269 e. The van der Waals surface area contributed by atoms with Crippen LogP contribution in [0.2, 0.25) is 0 Å².